The Morgan fingerprint density at radius 3 is 2.35 bits per heavy atom. The third kappa shape index (κ3) is 12.4. The summed E-state index contributed by atoms with van der Waals surface area (Å²) in [7, 11) is 0. The van der Waals surface area contributed by atoms with Crippen LogP contribution in [-0.2, 0) is 19.3 Å². The van der Waals surface area contributed by atoms with Gasteiger partial charge in [0, 0.05) is 13.3 Å². The highest BCUT2D eigenvalue weighted by Crippen LogP contribution is 2.24. The number of hydrogen-bond acceptors (Lipinski definition) is 4. The van der Waals surface area contributed by atoms with Crippen molar-refractivity contribution in [3.8, 4) is 0 Å². The molecule has 0 amide bonds. The molecule has 0 aromatic rings. The molecule has 0 fully saturated rings. The van der Waals surface area contributed by atoms with Gasteiger partial charge in [-0.3, -0.25) is 4.79 Å². The molecule has 0 aliphatic heterocycles. The quantitative estimate of drug-likeness (QED) is 0.195. The molecule has 2 atom stereocenters. The van der Waals surface area contributed by atoms with E-state index < -0.39 is 6.29 Å². The van der Waals surface area contributed by atoms with Crippen molar-refractivity contribution in [1.82, 2.24) is 0 Å². The van der Waals surface area contributed by atoms with Crippen LogP contribution in [0.5, 0.6) is 0 Å². The van der Waals surface area contributed by atoms with E-state index in [1.807, 2.05) is 0 Å². The molecule has 0 bridgehead atoms. The van der Waals surface area contributed by atoms with Crippen molar-refractivity contribution in [1.29, 1.82) is 0 Å². The molecule has 120 valence electrons. The first-order valence-electron chi connectivity index (χ1n) is 7.72. The second kappa shape index (κ2) is 10.2. The maximum Gasteiger partial charge on any atom is 0.308 e. The largest absolute Gasteiger partial charge is 0.433 e. The molecule has 0 saturated carbocycles. The molecule has 0 rings (SSSR count). The number of esters is 1. The van der Waals surface area contributed by atoms with Crippen LogP contribution in [0.15, 0.2) is 0 Å². The number of ether oxygens (including phenoxy) is 1. The first-order valence-corrected chi connectivity index (χ1v) is 7.72. The molecule has 0 N–H and O–H groups in total. The lowest BCUT2D eigenvalue weighted by molar-refractivity contribution is -0.369. The molecule has 4 nitrogen and oxygen atoms in total. The van der Waals surface area contributed by atoms with Gasteiger partial charge in [-0.2, -0.15) is 4.89 Å². The minimum Gasteiger partial charge on any atom is -0.433 e. The first kappa shape index (κ1) is 19.4. The highest BCUT2D eigenvalue weighted by atomic mass is 17.2. The highest BCUT2D eigenvalue weighted by Gasteiger charge is 2.16. The number of hydrogen-bond donors (Lipinski definition) is 0. The van der Waals surface area contributed by atoms with Crippen LogP contribution in [0.2, 0.25) is 0 Å². The SMILES string of the molecule is CCCCCC(=O)OC(C)OOCC(C)CC(C)(C)C. The minimum atomic E-state index is -0.647. The molecule has 0 aromatic carbocycles. The van der Waals surface area contributed by atoms with Gasteiger partial charge in [-0.25, -0.2) is 4.89 Å². The summed E-state index contributed by atoms with van der Waals surface area (Å²) in [5.74, 6) is 0.180. The normalized spacial score (nSPS) is 14.9. The molecule has 2 unspecified atom stereocenters. The van der Waals surface area contributed by atoms with Gasteiger partial charge in [-0.15, -0.1) is 0 Å². The van der Waals surface area contributed by atoms with Crippen molar-refractivity contribution in [2.75, 3.05) is 6.61 Å². The lowest BCUT2D eigenvalue weighted by atomic mass is 9.86. The van der Waals surface area contributed by atoms with Crippen molar-refractivity contribution >= 4 is 5.97 Å². The second-order valence-corrected chi connectivity index (χ2v) is 6.77. The van der Waals surface area contributed by atoms with Crippen LogP contribution in [0, 0.1) is 11.3 Å². The number of carbonyl (C=O) groups excluding carboxylic acids is 1. The Kier molecular flexibility index (Phi) is 9.86. The van der Waals surface area contributed by atoms with Crippen LogP contribution in [0.3, 0.4) is 0 Å². The van der Waals surface area contributed by atoms with Crippen molar-refractivity contribution in [2.24, 2.45) is 11.3 Å². The fraction of sp³-hybridized carbons (Fsp3) is 0.938. The van der Waals surface area contributed by atoms with Crippen LogP contribution in [0.1, 0.15) is 73.6 Å². The third-order valence-corrected chi connectivity index (χ3v) is 2.80. The standard InChI is InChI=1S/C16H32O4/c1-7-8-9-10-15(17)19-14(3)20-18-12-13(2)11-16(4,5)6/h13-14H,7-12H2,1-6H3. The minimum absolute atomic E-state index is 0.225. The van der Waals surface area contributed by atoms with E-state index in [0.717, 1.165) is 25.7 Å². The van der Waals surface area contributed by atoms with Gasteiger partial charge >= 0.3 is 5.97 Å². The molecular weight excluding hydrogens is 256 g/mol. The Labute approximate surface area is 124 Å². The second-order valence-electron chi connectivity index (χ2n) is 6.77. The molecule has 0 radical (unpaired) electrons. The van der Waals surface area contributed by atoms with E-state index in [1.165, 1.54) is 0 Å². The Morgan fingerprint density at radius 2 is 1.80 bits per heavy atom. The van der Waals surface area contributed by atoms with Crippen molar-refractivity contribution in [3.05, 3.63) is 0 Å². The molecule has 0 aliphatic carbocycles. The summed E-state index contributed by atoms with van der Waals surface area (Å²) in [6, 6.07) is 0. The molecule has 4 heteroatoms. The van der Waals surface area contributed by atoms with E-state index >= 15 is 0 Å². The fourth-order valence-electron chi connectivity index (χ4n) is 2.14. The van der Waals surface area contributed by atoms with E-state index in [0.29, 0.717) is 18.9 Å². The topological polar surface area (TPSA) is 44.8 Å². The van der Waals surface area contributed by atoms with Gasteiger partial charge < -0.3 is 4.74 Å². The summed E-state index contributed by atoms with van der Waals surface area (Å²) >= 11 is 0. The van der Waals surface area contributed by atoms with Crippen LogP contribution in [0.25, 0.3) is 0 Å². The van der Waals surface area contributed by atoms with Crippen LogP contribution < -0.4 is 0 Å². The number of carbonyl (C=O) groups is 1. The van der Waals surface area contributed by atoms with Gasteiger partial charge in [-0.05, 0) is 24.2 Å². The van der Waals surface area contributed by atoms with Gasteiger partial charge in [0.15, 0.2) is 0 Å². The first-order chi connectivity index (χ1) is 9.24. The van der Waals surface area contributed by atoms with E-state index in [-0.39, 0.29) is 11.4 Å². The Bertz CT molecular complexity index is 258. The lowest BCUT2D eigenvalue weighted by Gasteiger charge is -2.23. The van der Waals surface area contributed by atoms with Gasteiger partial charge in [0.05, 0.1) is 6.61 Å². The fourth-order valence-corrected chi connectivity index (χ4v) is 2.14. The average Bonchev–Trinajstić information content (AvgIpc) is 2.26. The average molecular weight is 288 g/mol. The molecule has 0 saturated heterocycles. The van der Waals surface area contributed by atoms with Gasteiger partial charge in [0.2, 0.25) is 6.29 Å². The van der Waals surface area contributed by atoms with Crippen molar-refractivity contribution < 1.29 is 19.3 Å². The van der Waals surface area contributed by atoms with Crippen LogP contribution in [0.4, 0.5) is 0 Å². The van der Waals surface area contributed by atoms with E-state index in [2.05, 4.69) is 34.6 Å². The van der Waals surface area contributed by atoms with Gasteiger partial charge in [0.25, 0.3) is 0 Å². The van der Waals surface area contributed by atoms with Crippen LogP contribution in [-0.4, -0.2) is 18.9 Å². The van der Waals surface area contributed by atoms with Crippen LogP contribution >= 0.6 is 0 Å². The van der Waals surface area contributed by atoms with E-state index in [4.69, 9.17) is 14.5 Å². The van der Waals surface area contributed by atoms with Gasteiger partial charge in [-0.1, -0.05) is 47.5 Å². The van der Waals surface area contributed by atoms with Crippen molar-refractivity contribution in [3.63, 3.8) is 0 Å². The number of rotatable bonds is 10. The maximum atomic E-state index is 11.5. The van der Waals surface area contributed by atoms with Gasteiger partial charge in [0.1, 0.15) is 0 Å². The smallest absolute Gasteiger partial charge is 0.308 e. The predicted octanol–water partition coefficient (Wildman–Crippen LogP) is 4.48. The van der Waals surface area contributed by atoms with E-state index in [1.54, 1.807) is 6.92 Å². The summed E-state index contributed by atoms with van der Waals surface area (Å²) in [4.78, 5) is 21.7. The molecular formula is C16H32O4. The number of unbranched alkanes of at least 4 members (excludes halogenated alkanes) is 2. The Morgan fingerprint density at radius 1 is 1.15 bits per heavy atom. The van der Waals surface area contributed by atoms with E-state index in [9.17, 15) is 4.79 Å². The summed E-state index contributed by atoms with van der Waals surface area (Å²) in [6.45, 7) is 13.0. The zero-order valence-electron chi connectivity index (χ0n) is 14.0. The molecule has 0 aromatic heterocycles. The molecule has 0 heterocycles. The monoisotopic (exact) mass is 288 g/mol. The maximum absolute atomic E-state index is 11.5. The lowest BCUT2D eigenvalue weighted by Crippen LogP contribution is -2.21. The third-order valence-electron chi connectivity index (χ3n) is 2.80. The summed E-state index contributed by atoms with van der Waals surface area (Å²) in [6.07, 6.45) is 3.86. The molecule has 0 spiro atoms. The summed E-state index contributed by atoms with van der Waals surface area (Å²) < 4.78 is 5.09. The summed E-state index contributed by atoms with van der Waals surface area (Å²) in [5, 5.41) is 0. The molecule has 0 aliphatic rings. The predicted molar refractivity (Wildman–Crippen MR) is 80.0 cm³/mol. The molecule has 20 heavy (non-hydrogen) atoms. The Hall–Kier alpha value is -0.610. The summed E-state index contributed by atoms with van der Waals surface area (Å²) in [5.41, 5.74) is 0.278. The zero-order valence-corrected chi connectivity index (χ0v) is 14.0. The van der Waals surface area contributed by atoms with Crippen molar-refractivity contribution in [2.45, 2.75) is 79.9 Å². The zero-order chi connectivity index (χ0) is 15.6. The highest BCUT2D eigenvalue weighted by molar-refractivity contribution is 5.69. The Balaban J connectivity index is 3.67.